The van der Waals surface area contributed by atoms with E-state index in [1.807, 2.05) is 13.0 Å². The lowest BCUT2D eigenvalue weighted by Gasteiger charge is -2.34. The van der Waals surface area contributed by atoms with Gasteiger partial charge in [0, 0.05) is 64.3 Å². The maximum Gasteiger partial charge on any atom is 0.248 e. The third-order valence-corrected chi connectivity index (χ3v) is 4.50. The minimum atomic E-state index is -0.00618. The summed E-state index contributed by atoms with van der Waals surface area (Å²) in [4.78, 5) is 15.5. The molecule has 3 rings (SSSR count). The second-order valence-electron chi connectivity index (χ2n) is 6.79. The summed E-state index contributed by atoms with van der Waals surface area (Å²) in [5.74, 6) is 0.833. The fourth-order valence-corrected chi connectivity index (χ4v) is 3.18. The Morgan fingerprint density at radius 1 is 1.48 bits per heavy atom. The summed E-state index contributed by atoms with van der Waals surface area (Å²) < 4.78 is 13.0. The third-order valence-electron chi connectivity index (χ3n) is 4.50. The van der Waals surface area contributed by atoms with Crippen LogP contribution in [0, 0.1) is 6.92 Å². The van der Waals surface area contributed by atoms with Gasteiger partial charge in [-0.15, -0.1) is 0 Å². The maximum absolute atomic E-state index is 11.6. The van der Waals surface area contributed by atoms with Crippen molar-refractivity contribution in [2.75, 3.05) is 33.9 Å². The maximum atomic E-state index is 11.6. The number of hydrogen-bond donors (Lipinski definition) is 0. The van der Waals surface area contributed by atoms with Gasteiger partial charge in [0.2, 0.25) is 5.91 Å². The molecular formula is C18H26N4O3. The van der Waals surface area contributed by atoms with Gasteiger partial charge in [-0.1, -0.05) is 5.16 Å². The van der Waals surface area contributed by atoms with Crippen LogP contribution < -0.4 is 0 Å². The minimum Gasteiger partial charge on any atom is -0.372 e. The first-order valence-corrected chi connectivity index (χ1v) is 8.61. The Balaban J connectivity index is 1.56. The molecule has 1 atom stereocenters. The molecule has 2 aromatic heterocycles. The molecule has 0 aromatic carbocycles. The number of nitrogens with zero attached hydrogens (tertiary/aromatic N) is 4. The van der Waals surface area contributed by atoms with Crippen LogP contribution >= 0.6 is 0 Å². The van der Waals surface area contributed by atoms with E-state index in [0.717, 1.165) is 37.5 Å². The van der Waals surface area contributed by atoms with E-state index < -0.39 is 0 Å². The van der Waals surface area contributed by atoms with E-state index in [4.69, 9.17) is 9.26 Å². The summed E-state index contributed by atoms with van der Waals surface area (Å²) in [6, 6.07) is 6.56. The average Bonchev–Trinajstić information content (AvgIpc) is 3.20. The van der Waals surface area contributed by atoms with E-state index in [1.54, 1.807) is 19.0 Å². The Bertz CT molecular complexity index is 707. The molecule has 136 valence electrons. The van der Waals surface area contributed by atoms with Gasteiger partial charge >= 0.3 is 0 Å². The number of carbonyl (C=O) groups is 1. The van der Waals surface area contributed by atoms with E-state index in [1.165, 1.54) is 5.69 Å². The lowest BCUT2D eigenvalue weighted by atomic mass is 10.1. The lowest BCUT2D eigenvalue weighted by molar-refractivity contribution is -0.133. The summed E-state index contributed by atoms with van der Waals surface area (Å²) in [5, 5.41) is 4.10. The van der Waals surface area contributed by atoms with Gasteiger partial charge in [-0.2, -0.15) is 0 Å². The molecule has 0 saturated heterocycles. The van der Waals surface area contributed by atoms with Crippen LogP contribution in [0.2, 0.25) is 0 Å². The zero-order valence-corrected chi connectivity index (χ0v) is 15.1. The van der Waals surface area contributed by atoms with Crippen molar-refractivity contribution in [3.05, 3.63) is 41.5 Å². The first-order valence-electron chi connectivity index (χ1n) is 8.61. The van der Waals surface area contributed by atoms with Crippen molar-refractivity contribution in [2.24, 2.45) is 0 Å². The predicted molar refractivity (Wildman–Crippen MR) is 93.0 cm³/mol. The second kappa shape index (κ2) is 7.84. The number of carbonyl (C=O) groups excluding carboxylic acids is 1. The number of fused-ring (bicyclic) bond motifs is 1. The normalized spacial score (nSPS) is 17.5. The number of aryl methyl sites for hydroxylation is 1. The fourth-order valence-electron chi connectivity index (χ4n) is 3.18. The van der Waals surface area contributed by atoms with Crippen LogP contribution in [0.25, 0.3) is 0 Å². The van der Waals surface area contributed by atoms with Crippen LogP contribution in [0.1, 0.15) is 29.6 Å². The zero-order chi connectivity index (χ0) is 17.8. The number of amides is 1. The predicted octanol–water partition coefficient (Wildman–Crippen LogP) is 1.84. The van der Waals surface area contributed by atoms with Crippen molar-refractivity contribution in [1.29, 1.82) is 0 Å². The summed E-state index contributed by atoms with van der Waals surface area (Å²) in [7, 11) is 3.48. The Hall–Kier alpha value is -2.12. The molecular weight excluding hydrogens is 320 g/mol. The first-order chi connectivity index (χ1) is 12.0. The molecule has 0 bridgehead atoms. The number of likely N-dealkylation sites (N-methyl/N-ethyl adjacent to an activating group) is 1. The average molecular weight is 346 g/mol. The van der Waals surface area contributed by atoms with Crippen LogP contribution in [-0.4, -0.2) is 59.3 Å². The number of rotatable bonds is 7. The quantitative estimate of drug-likeness (QED) is 0.716. The summed E-state index contributed by atoms with van der Waals surface area (Å²) >= 11 is 0. The minimum absolute atomic E-state index is 0.00618. The summed E-state index contributed by atoms with van der Waals surface area (Å²) in [5.41, 5.74) is 2.25. The van der Waals surface area contributed by atoms with Crippen LogP contribution in [0.4, 0.5) is 0 Å². The molecule has 0 spiro atoms. The molecule has 3 heterocycles. The van der Waals surface area contributed by atoms with Gasteiger partial charge in [-0.05, 0) is 25.5 Å². The SMILES string of the molecule is Cc1cc(CN2Cc3cccn3C(CCOCC(=O)N(C)C)C2)no1. The van der Waals surface area contributed by atoms with Crippen LogP contribution in [0.3, 0.4) is 0 Å². The topological polar surface area (TPSA) is 63.7 Å². The molecule has 7 heteroatoms. The van der Waals surface area contributed by atoms with E-state index in [-0.39, 0.29) is 12.5 Å². The highest BCUT2D eigenvalue weighted by Crippen LogP contribution is 2.25. The standard InChI is InChI=1S/C18H26N4O3/c1-14-9-15(19-25-14)10-21-11-16-5-4-7-22(16)17(12-21)6-8-24-13-18(23)20(2)3/h4-5,7,9,17H,6,8,10-13H2,1-3H3. The van der Waals surface area contributed by atoms with Gasteiger partial charge in [0.25, 0.3) is 0 Å². The van der Waals surface area contributed by atoms with Crippen molar-refractivity contribution in [1.82, 2.24) is 19.5 Å². The van der Waals surface area contributed by atoms with Crippen molar-refractivity contribution >= 4 is 5.91 Å². The Kier molecular flexibility index (Phi) is 5.55. The molecule has 25 heavy (non-hydrogen) atoms. The monoisotopic (exact) mass is 346 g/mol. The number of aromatic nitrogens is 2. The van der Waals surface area contributed by atoms with Gasteiger partial charge in [-0.25, -0.2) is 0 Å². The first kappa shape index (κ1) is 17.7. The Labute approximate surface area is 148 Å². The molecule has 1 amide bonds. The summed E-state index contributed by atoms with van der Waals surface area (Å²) in [6.45, 7) is 5.22. The van der Waals surface area contributed by atoms with Crippen molar-refractivity contribution in [2.45, 2.75) is 32.5 Å². The summed E-state index contributed by atoms with van der Waals surface area (Å²) in [6.07, 6.45) is 3.00. The largest absolute Gasteiger partial charge is 0.372 e. The highest BCUT2D eigenvalue weighted by molar-refractivity contribution is 5.76. The van der Waals surface area contributed by atoms with E-state index >= 15 is 0 Å². The molecule has 7 nitrogen and oxygen atoms in total. The highest BCUT2D eigenvalue weighted by Gasteiger charge is 2.25. The van der Waals surface area contributed by atoms with E-state index in [9.17, 15) is 4.79 Å². The van der Waals surface area contributed by atoms with Crippen LogP contribution in [-0.2, 0) is 22.6 Å². The van der Waals surface area contributed by atoms with Crippen LogP contribution in [0.5, 0.6) is 0 Å². The third kappa shape index (κ3) is 4.49. The molecule has 0 aliphatic carbocycles. The van der Waals surface area contributed by atoms with Gasteiger partial charge in [-0.3, -0.25) is 9.69 Å². The Morgan fingerprint density at radius 2 is 2.32 bits per heavy atom. The molecule has 1 unspecified atom stereocenters. The molecule has 0 radical (unpaired) electrons. The molecule has 0 N–H and O–H groups in total. The van der Waals surface area contributed by atoms with Gasteiger partial charge in [0.1, 0.15) is 12.4 Å². The molecule has 0 saturated carbocycles. The lowest BCUT2D eigenvalue weighted by Crippen LogP contribution is -2.37. The van der Waals surface area contributed by atoms with E-state index in [2.05, 4.69) is 33.0 Å². The van der Waals surface area contributed by atoms with Crippen molar-refractivity contribution in [3.8, 4) is 0 Å². The van der Waals surface area contributed by atoms with Crippen molar-refractivity contribution < 1.29 is 14.1 Å². The molecule has 1 aliphatic rings. The fraction of sp³-hybridized carbons (Fsp3) is 0.556. The molecule has 1 aliphatic heterocycles. The molecule has 2 aromatic rings. The Morgan fingerprint density at radius 3 is 3.04 bits per heavy atom. The smallest absolute Gasteiger partial charge is 0.248 e. The van der Waals surface area contributed by atoms with Gasteiger partial charge < -0.3 is 18.7 Å². The van der Waals surface area contributed by atoms with Crippen LogP contribution in [0.15, 0.2) is 28.9 Å². The van der Waals surface area contributed by atoms with Crippen molar-refractivity contribution in [3.63, 3.8) is 0 Å². The molecule has 0 fully saturated rings. The number of hydrogen-bond acceptors (Lipinski definition) is 5. The van der Waals surface area contributed by atoms with E-state index in [0.29, 0.717) is 12.6 Å². The van der Waals surface area contributed by atoms with Gasteiger partial charge in [0.05, 0.1) is 5.69 Å². The zero-order valence-electron chi connectivity index (χ0n) is 15.1. The van der Waals surface area contributed by atoms with Gasteiger partial charge in [0.15, 0.2) is 0 Å². The highest BCUT2D eigenvalue weighted by atomic mass is 16.5. The number of ether oxygens (including phenoxy) is 1. The second-order valence-corrected chi connectivity index (χ2v) is 6.79.